The number of carbonyl (C=O) groups is 2. The normalized spacial score (nSPS) is 23.5. The van der Waals surface area contributed by atoms with Crippen LogP contribution in [0.1, 0.15) is 59.3 Å². The summed E-state index contributed by atoms with van der Waals surface area (Å²) in [6, 6.07) is 12.1. The molecular weight excluding hydrogens is 316 g/mol. The maximum atomic E-state index is 13.3. The van der Waals surface area contributed by atoms with Crippen LogP contribution in [0.4, 0.5) is 0 Å². The van der Waals surface area contributed by atoms with Gasteiger partial charge in [0.1, 0.15) is 5.92 Å². The molecule has 1 aromatic carbocycles. The van der Waals surface area contributed by atoms with Crippen LogP contribution in [0.2, 0.25) is 0 Å². The molecule has 2 heterocycles. The van der Waals surface area contributed by atoms with E-state index < -0.39 is 17.9 Å². The molecule has 0 spiro atoms. The first-order valence-electron chi connectivity index (χ1n) is 8.74. The Morgan fingerprint density at radius 1 is 1.08 bits per heavy atom. The number of fused-ring (bicyclic) bond motifs is 1. The lowest BCUT2D eigenvalue weighted by atomic mass is 9.80. The number of hydrogen-bond donors (Lipinski definition) is 1. The van der Waals surface area contributed by atoms with E-state index in [0.29, 0.717) is 16.8 Å². The highest BCUT2D eigenvalue weighted by Gasteiger charge is 2.47. The molecule has 1 aromatic heterocycles. The van der Waals surface area contributed by atoms with Crippen LogP contribution in [0.3, 0.4) is 0 Å². The molecule has 0 saturated heterocycles. The molecule has 1 aliphatic heterocycles. The van der Waals surface area contributed by atoms with Gasteiger partial charge in [0.25, 0.3) is 5.91 Å². The SMILES string of the molecule is O=C(O)C1c2ccccc2C(=O)N(C2CCCC2)C1c1ccccn1. The Hall–Kier alpha value is -2.69. The zero-order valence-corrected chi connectivity index (χ0v) is 13.8. The van der Waals surface area contributed by atoms with Gasteiger partial charge in [0, 0.05) is 17.8 Å². The third kappa shape index (κ3) is 2.60. The topological polar surface area (TPSA) is 70.5 Å². The first-order valence-corrected chi connectivity index (χ1v) is 8.74. The van der Waals surface area contributed by atoms with Gasteiger partial charge in [-0.25, -0.2) is 0 Å². The summed E-state index contributed by atoms with van der Waals surface area (Å²) in [4.78, 5) is 31.7. The lowest BCUT2D eigenvalue weighted by Gasteiger charge is -2.43. The highest BCUT2D eigenvalue weighted by Crippen LogP contribution is 2.45. The molecule has 1 amide bonds. The molecule has 2 unspecified atom stereocenters. The zero-order chi connectivity index (χ0) is 17.4. The van der Waals surface area contributed by atoms with Gasteiger partial charge in [-0.15, -0.1) is 0 Å². The van der Waals surface area contributed by atoms with Gasteiger partial charge in [0.2, 0.25) is 0 Å². The molecule has 2 atom stereocenters. The average Bonchev–Trinajstić information content (AvgIpc) is 3.16. The molecule has 2 aliphatic rings. The van der Waals surface area contributed by atoms with Crippen LogP contribution in [0.25, 0.3) is 0 Å². The summed E-state index contributed by atoms with van der Waals surface area (Å²) in [7, 11) is 0. The number of amides is 1. The molecule has 4 rings (SSSR count). The quantitative estimate of drug-likeness (QED) is 0.933. The van der Waals surface area contributed by atoms with Crippen LogP contribution in [-0.4, -0.2) is 32.9 Å². The first kappa shape index (κ1) is 15.8. The van der Waals surface area contributed by atoms with Crippen LogP contribution in [0, 0.1) is 0 Å². The van der Waals surface area contributed by atoms with E-state index in [9.17, 15) is 14.7 Å². The van der Waals surface area contributed by atoms with E-state index in [1.54, 1.807) is 41.4 Å². The summed E-state index contributed by atoms with van der Waals surface area (Å²) in [6.07, 6.45) is 5.64. The number of aromatic nitrogens is 1. The Balaban J connectivity index is 1.91. The second kappa shape index (κ2) is 6.31. The van der Waals surface area contributed by atoms with E-state index >= 15 is 0 Å². The molecule has 128 valence electrons. The molecule has 2 aromatic rings. The van der Waals surface area contributed by atoms with Crippen LogP contribution >= 0.6 is 0 Å². The van der Waals surface area contributed by atoms with Gasteiger partial charge >= 0.3 is 5.97 Å². The highest BCUT2D eigenvalue weighted by molar-refractivity contribution is 6.00. The van der Waals surface area contributed by atoms with E-state index in [1.165, 1.54) is 0 Å². The van der Waals surface area contributed by atoms with E-state index in [1.807, 2.05) is 12.1 Å². The number of aliphatic carboxylic acids is 1. The average molecular weight is 336 g/mol. The molecule has 1 saturated carbocycles. The van der Waals surface area contributed by atoms with E-state index in [2.05, 4.69) is 4.98 Å². The summed E-state index contributed by atoms with van der Waals surface area (Å²) in [6.45, 7) is 0. The Morgan fingerprint density at radius 3 is 2.48 bits per heavy atom. The van der Waals surface area contributed by atoms with Crippen LogP contribution in [0.5, 0.6) is 0 Å². The fourth-order valence-electron chi connectivity index (χ4n) is 4.27. The molecule has 1 N–H and O–H groups in total. The molecule has 0 bridgehead atoms. The Kier molecular flexibility index (Phi) is 3.99. The number of pyridine rings is 1. The standard InChI is InChI=1S/C20H20N2O3/c23-19-15-10-4-3-9-14(15)17(20(24)25)18(16-11-5-6-12-21-16)22(19)13-7-1-2-8-13/h3-6,9-13,17-18H,1-2,7-8H2,(H,24,25). The predicted octanol–water partition coefficient (Wildman–Crippen LogP) is 3.39. The lowest BCUT2D eigenvalue weighted by Crippen LogP contribution is -2.49. The Morgan fingerprint density at radius 2 is 1.80 bits per heavy atom. The number of hydrogen-bond acceptors (Lipinski definition) is 3. The third-order valence-corrected chi connectivity index (χ3v) is 5.35. The van der Waals surface area contributed by atoms with Crippen molar-refractivity contribution >= 4 is 11.9 Å². The molecule has 1 aliphatic carbocycles. The van der Waals surface area contributed by atoms with E-state index in [4.69, 9.17) is 0 Å². The van der Waals surface area contributed by atoms with Crippen molar-refractivity contribution in [1.29, 1.82) is 0 Å². The molecule has 5 heteroatoms. The van der Waals surface area contributed by atoms with Crippen molar-refractivity contribution in [2.45, 2.75) is 43.7 Å². The fraction of sp³-hybridized carbons (Fsp3) is 0.350. The summed E-state index contributed by atoms with van der Waals surface area (Å²) in [5.74, 6) is -1.79. The summed E-state index contributed by atoms with van der Waals surface area (Å²) in [5, 5.41) is 10.00. The maximum absolute atomic E-state index is 13.3. The fourth-order valence-corrected chi connectivity index (χ4v) is 4.27. The van der Waals surface area contributed by atoms with Gasteiger partial charge in [-0.3, -0.25) is 14.6 Å². The minimum absolute atomic E-state index is 0.0735. The first-order chi connectivity index (χ1) is 12.2. The number of carboxylic acid groups (broad SMARTS) is 1. The van der Waals surface area contributed by atoms with Gasteiger partial charge in [-0.05, 0) is 36.6 Å². The van der Waals surface area contributed by atoms with Crippen molar-refractivity contribution in [3.05, 3.63) is 65.5 Å². The lowest BCUT2D eigenvalue weighted by molar-refractivity contribution is -0.141. The Labute approximate surface area is 146 Å². The molecule has 0 radical (unpaired) electrons. The van der Waals surface area contributed by atoms with Crippen LogP contribution in [0.15, 0.2) is 48.7 Å². The summed E-state index contributed by atoms with van der Waals surface area (Å²) in [5.41, 5.74) is 1.74. The second-order valence-corrected chi connectivity index (χ2v) is 6.75. The number of carbonyl (C=O) groups excluding carboxylic acids is 1. The number of rotatable bonds is 3. The van der Waals surface area contributed by atoms with E-state index in [0.717, 1.165) is 25.7 Å². The van der Waals surface area contributed by atoms with Gasteiger partial charge in [0.05, 0.1) is 11.7 Å². The number of carboxylic acids is 1. The van der Waals surface area contributed by atoms with Gasteiger partial charge < -0.3 is 10.0 Å². The van der Waals surface area contributed by atoms with Gasteiger partial charge in [-0.1, -0.05) is 37.1 Å². The Bertz CT molecular complexity index is 800. The van der Waals surface area contributed by atoms with Crippen molar-refractivity contribution in [1.82, 2.24) is 9.88 Å². The smallest absolute Gasteiger partial charge is 0.313 e. The third-order valence-electron chi connectivity index (χ3n) is 5.35. The summed E-state index contributed by atoms with van der Waals surface area (Å²) >= 11 is 0. The molecule has 5 nitrogen and oxygen atoms in total. The minimum atomic E-state index is -0.918. The van der Waals surface area contributed by atoms with Crippen molar-refractivity contribution in [2.24, 2.45) is 0 Å². The number of benzene rings is 1. The van der Waals surface area contributed by atoms with Crippen molar-refractivity contribution in [3.8, 4) is 0 Å². The molecule has 1 fully saturated rings. The van der Waals surface area contributed by atoms with Gasteiger partial charge in [0.15, 0.2) is 0 Å². The van der Waals surface area contributed by atoms with Crippen molar-refractivity contribution in [3.63, 3.8) is 0 Å². The molecule has 25 heavy (non-hydrogen) atoms. The van der Waals surface area contributed by atoms with Crippen molar-refractivity contribution < 1.29 is 14.7 Å². The largest absolute Gasteiger partial charge is 0.481 e. The highest BCUT2D eigenvalue weighted by atomic mass is 16.4. The maximum Gasteiger partial charge on any atom is 0.313 e. The predicted molar refractivity (Wildman–Crippen MR) is 92.2 cm³/mol. The van der Waals surface area contributed by atoms with Crippen LogP contribution in [-0.2, 0) is 4.79 Å². The van der Waals surface area contributed by atoms with Crippen molar-refractivity contribution in [2.75, 3.05) is 0 Å². The second-order valence-electron chi connectivity index (χ2n) is 6.75. The molecular formula is C20H20N2O3. The monoisotopic (exact) mass is 336 g/mol. The summed E-state index contributed by atoms with van der Waals surface area (Å²) < 4.78 is 0. The number of nitrogens with zero attached hydrogens (tertiary/aromatic N) is 2. The van der Waals surface area contributed by atoms with Gasteiger partial charge in [-0.2, -0.15) is 0 Å². The van der Waals surface area contributed by atoms with Crippen LogP contribution < -0.4 is 0 Å². The van der Waals surface area contributed by atoms with E-state index in [-0.39, 0.29) is 11.9 Å². The minimum Gasteiger partial charge on any atom is -0.481 e. The zero-order valence-electron chi connectivity index (χ0n) is 13.8.